The molecule has 0 amide bonds. The van der Waals surface area contributed by atoms with Gasteiger partial charge >= 0.3 is 0 Å². The van der Waals surface area contributed by atoms with Gasteiger partial charge in [0.25, 0.3) is 0 Å². The molecule has 2 N–H and O–H groups in total. The summed E-state index contributed by atoms with van der Waals surface area (Å²) in [6, 6.07) is 6.27. The fourth-order valence-corrected chi connectivity index (χ4v) is 2.33. The van der Waals surface area contributed by atoms with Crippen LogP contribution in [0.4, 0.5) is 0 Å². The molecule has 1 aliphatic rings. The van der Waals surface area contributed by atoms with Crippen molar-refractivity contribution in [3.8, 4) is 5.75 Å². The quantitative estimate of drug-likeness (QED) is 0.820. The van der Waals surface area contributed by atoms with Gasteiger partial charge in [0.2, 0.25) is 0 Å². The highest BCUT2D eigenvalue weighted by Crippen LogP contribution is 2.26. The number of aryl methyl sites for hydroxylation is 1. The van der Waals surface area contributed by atoms with Crippen molar-refractivity contribution < 1.29 is 9.53 Å². The maximum atomic E-state index is 11.8. The van der Waals surface area contributed by atoms with Crippen LogP contribution in [0.5, 0.6) is 5.75 Å². The molecule has 3 nitrogen and oxygen atoms in total. The molecule has 0 bridgehead atoms. The van der Waals surface area contributed by atoms with Crippen LogP contribution in [0.15, 0.2) is 18.2 Å². The maximum absolute atomic E-state index is 11.8. The lowest BCUT2D eigenvalue weighted by atomic mass is 9.99. The van der Waals surface area contributed by atoms with Gasteiger partial charge in [0.1, 0.15) is 11.5 Å². The molecule has 1 aromatic rings. The van der Waals surface area contributed by atoms with E-state index in [2.05, 4.69) is 19.1 Å². The minimum atomic E-state index is 0.344. The SMILES string of the molecule is CC(CN)CCC(=O)CCc1ccc2c(c1)CCO2. The zero-order valence-corrected chi connectivity index (χ0v) is 11.7. The number of hydrogen-bond donors (Lipinski definition) is 1. The average molecular weight is 261 g/mol. The molecule has 0 saturated heterocycles. The van der Waals surface area contributed by atoms with E-state index in [4.69, 9.17) is 10.5 Å². The van der Waals surface area contributed by atoms with E-state index in [1.165, 1.54) is 11.1 Å². The average Bonchev–Trinajstić information content (AvgIpc) is 2.89. The molecule has 1 aliphatic heterocycles. The molecular formula is C16H23NO2. The van der Waals surface area contributed by atoms with Gasteiger partial charge in [-0.3, -0.25) is 4.79 Å². The molecule has 0 radical (unpaired) electrons. The number of carbonyl (C=O) groups is 1. The van der Waals surface area contributed by atoms with Crippen molar-refractivity contribution in [2.75, 3.05) is 13.2 Å². The van der Waals surface area contributed by atoms with E-state index in [1.54, 1.807) is 0 Å². The second-order valence-corrected chi connectivity index (χ2v) is 5.46. The van der Waals surface area contributed by atoms with Gasteiger partial charge in [0, 0.05) is 19.3 Å². The summed E-state index contributed by atoms with van der Waals surface area (Å²) in [5, 5.41) is 0. The van der Waals surface area contributed by atoms with E-state index in [-0.39, 0.29) is 0 Å². The van der Waals surface area contributed by atoms with Crippen LogP contribution < -0.4 is 10.5 Å². The lowest BCUT2D eigenvalue weighted by Gasteiger charge is -2.07. The largest absolute Gasteiger partial charge is 0.493 e. The molecule has 0 saturated carbocycles. The number of rotatable bonds is 7. The first-order chi connectivity index (χ1) is 9.19. The highest BCUT2D eigenvalue weighted by Gasteiger charge is 2.12. The van der Waals surface area contributed by atoms with Gasteiger partial charge in [-0.15, -0.1) is 0 Å². The molecule has 0 aromatic heterocycles. The minimum absolute atomic E-state index is 0.344. The fraction of sp³-hybridized carbons (Fsp3) is 0.562. The number of ketones is 1. The predicted octanol–water partition coefficient (Wildman–Crippen LogP) is 2.50. The Morgan fingerprint density at radius 2 is 2.26 bits per heavy atom. The van der Waals surface area contributed by atoms with Crippen molar-refractivity contribution in [3.63, 3.8) is 0 Å². The van der Waals surface area contributed by atoms with Crippen molar-refractivity contribution in [2.45, 2.75) is 39.0 Å². The summed E-state index contributed by atoms with van der Waals surface area (Å²) in [6.07, 6.45) is 4.03. The van der Waals surface area contributed by atoms with Crippen molar-refractivity contribution in [1.82, 2.24) is 0 Å². The Hall–Kier alpha value is -1.35. The topological polar surface area (TPSA) is 52.3 Å². The molecule has 1 aromatic carbocycles. The molecule has 2 rings (SSSR count). The third kappa shape index (κ3) is 4.06. The van der Waals surface area contributed by atoms with Crippen LogP contribution in [0.3, 0.4) is 0 Å². The van der Waals surface area contributed by atoms with Gasteiger partial charge in [-0.1, -0.05) is 19.1 Å². The van der Waals surface area contributed by atoms with Crippen molar-refractivity contribution in [1.29, 1.82) is 0 Å². The monoisotopic (exact) mass is 261 g/mol. The molecule has 1 atom stereocenters. The van der Waals surface area contributed by atoms with Crippen LogP contribution in [0.25, 0.3) is 0 Å². The second-order valence-electron chi connectivity index (χ2n) is 5.46. The highest BCUT2D eigenvalue weighted by molar-refractivity contribution is 5.78. The molecule has 0 aliphatic carbocycles. The Balaban J connectivity index is 1.77. The number of benzene rings is 1. The number of ether oxygens (including phenoxy) is 1. The first-order valence-electron chi connectivity index (χ1n) is 7.15. The van der Waals surface area contributed by atoms with Gasteiger partial charge in [-0.25, -0.2) is 0 Å². The second kappa shape index (κ2) is 6.71. The Morgan fingerprint density at radius 3 is 3.05 bits per heavy atom. The van der Waals surface area contributed by atoms with Crippen molar-refractivity contribution in [2.24, 2.45) is 11.7 Å². The first-order valence-corrected chi connectivity index (χ1v) is 7.15. The zero-order chi connectivity index (χ0) is 13.7. The Bertz CT molecular complexity index is 442. The fourth-order valence-electron chi connectivity index (χ4n) is 2.33. The van der Waals surface area contributed by atoms with Crippen LogP contribution in [0, 0.1) is 5.92 Å². The van der Waals surface area contributed by atoms with E-state index in [9.17, 15) is 4.79 Å². The molecule has 1 heterocycles. The molecule has 0 spiro atoms. The van der Waals surface area contributed by atoms with Crippen LogP contribution in [-0.4, -0.2) is 18.9 Å². The molecule has 1 unspecified atom stereocenters. The Morgan fingerprint density at radius 1 is 1.42 bits per heavy atom. The van der Waals surface area contributed by atoms with Crippen LogP contribution in [0.1, 0.15) is 37.3 Å². The maximum Gasteiger partial charge on any atom is 0.133 e. The van der Waals surface area contributed by atoms with Crippen LogP contribution in [-0.2, 0) is 17.6 Å². The van der Waals surface area contributed by atoms with Crippen LogP contribution in [0.2, 0.25) is 0 Å². The Kier molecular flexibility index (Phi) is 4.97. The summed E-state index contributed by atoms with van der Waals surface area (Å²) in [5.41, 5.74) is 8.07. The normalized spacial score (nSPS) is 14.8. The van der Waals surface area contributed by atoms with E-state index in [1.807, 2.05) is 6.07 Å². The van der Waals surface area contributed by atoms with Crippen molar-refractivity contribution >= 4 is 5.78 Å². The van der Waals surface area contributed by atoms with Gasteiger partial charge in [-0.05, 0) is 42.5 Å². The van der Waals surface area contributed by atoms with E-state index in [0.29, 0.717) is 31.1 Å². The van der Waals surface area contributed by atoms with Crippen molar-refractivity contribution in [3.05, 3.63) is 29.3 Å². The summed E-state index contributed by atoms with van der Waals surface area (Å²) < 4.78 is 5.48. The first kappa shape index (κ1) is 14.1. The Labute approximate surface area is 115 Å². The minimum Gasteiger partial charge on any atom is -0.493 e. The summed E-state index contributed by atoms with van der Waals surface area (Å²) >= 11 is 0. The summed E-state index contributed by atoms with van der Waals surface area (Å²) in [6.45, 7) is 3.54. The summed E-state index contributed by atoms with van der Waals surface area (Å²) in [7, 11) is 0. The van der Waals surface area contributed by atoms with Gasteiger partial charge in [-0.2, -0.15) is 0 Å². The van der Waals surface area contributed by atoms with E-state index >= 15 is 0 Å². The van der Waals surface area contributed by atoms with Gasteiger partial charge in [0.05, 0.1) is 6.61 Å². The van der Waals surface area contributed by atoms with E-state index in [0.717, 1.165) is 31.6 Å². The number of nitrogens with two attached hydrogens (primary N) is 1. The summed E-state index contributed by atoms with van der Waals surface area (Å²) in [4.78, 5) is 11.8. The third-order valence-corrected chi connectivity index (χ3v) is 3.76. The lowest BCUT2D eigenvalue weighted by Crippen LogP contribution is -2.12. The molecular weight excluding hydrogens is 238 g/mol. The third-order valence-electron chi connectivity index (χ3n) is 3.76. The standard InChI is InChI=1S/C16H23NO2/c1-12(11-17)2-5-15(18)6-3-13-4-7-16-14(10-13)8-9-19-16/h4,7,10,12H,2-3,5-6,8-9,11,17H2,1H3. The molecule has 3 heteroatoms. The molecule has 0 fully saturated rings. The number of fused-ring (bicyclic) bond motifs is 1. The van der Waals surface area contributed by atoms with E-state index < -0.39 is 0 Å². The van der Waals surface area contributed by atoms with Crippen LogP contribution >= 0.6 is 0 Å². The number of Topliss-reactive ketones (excluding diaryl/α,β-unsaturated/α-hetero) is 1. The number of hydrogen-bond acceptors (Lipinski definition) is 3. The summed E-state index contributed by atoms with van der Waals surface area (Å²) in [5.74, 6) is 1.80. The molecule has 19 heavy (non-hydrogen) atoms. The highest BCUT2D eigenvalue weighted by atomic mass is 16.5. The van der Waals surface area contributed by atoms with Gasteiger partial charge < -0.3 is 10.5 Å². The lowest BCUT2D eigenvalue weighted by molar-refractivity contribution is -0.119. The van der Waals surface area contributed by atoms with Gasteiger partial charge in [0.15, 0.2) is 0 Å². The smallest absolute Gasteiger partial charge is 0.133 e. The zero-order valence-electron chi connectivity index (χ0n) is 11.7. The predicted molar refractivity (Wildman–Crippen MR) is 76.4 cm³/mol. The number of carbonyl (C=O) groups excluding carboxylic acids is 1. The molecule has 104 valence electrons.